The van der Waals surface area contributed by atoms with E-state index in [0.717, 1.165) is 11.1 Å². The van der Waals surface area contributed by atoms with Crippen LogP contribution < -0.4 is 10.6 Å². The normalized spacial score (nSPS) is 14.1. The Hall–Kier alpha value is -5.11. The highest BCUT2D eigenvalue weighted by Gasteiger charge is 2.27. The van der Waals surface area contributed by atoms with Gasteiger partial charge in [-0.1, -0.05) is 6.07 Å². The van der Waals surface area contributed by atoms with E-state index in [1.165, 1.54) is 29.0 Å². The van der Waals surface area contributed by atoms with Crippen LogP contribution in [0, 0.1) is 11.3 Å². The first-order valence-corrected chi connectivity index (χ1v) is 11.1. The van der Waals surface area contributed by atoms with Gasteiger partial charge in [-0.3, -0.25) is 9.59 Å². The van der Waals surface area contributed by atoms with E-state index in [1.807, 2.05) is 6.07 Å². The lowest BCUT2D eigenvalue weighted by Crippen LogP contribution is -2.30. The number of carboxylic acids is 1. The van der Waals surface area contributed by atoms with Crippen molar-refractivity contribution in [3.63, 3.8) is 0 Å². The van der Waals surface area contributed by atoms with Crippen molar-refractivity contribution in [2.45, 2.75) is 25.4 Å². The number of nitriles is 1. The van der Waals surface area contributed by atoms with Crippen molar-refractivity contribution in [2.24, 2.45) is 0 Å². The van der Waals surface area contributed by atoms with Crippen LogP contribution in [0.25, 0.3) is 5.65 Å². The summed E-state index contributed by atoms with van der Waals surface area (Å²) in [7, 11) is 0. The zero-order chi connectivity index (χ0) is 25.2. The van der Waals surface area contributed by atoms with Gasteiger partial charge in [-0.25, -0.2) is 19.3 Å². The van der Waals surface area contributed by atoms with Crippen LogP contribution in [-0.4, -0.2) is 42.5 Å². The molecule has 0 bridgehead atoms. The van der Waals surface area contributed by atoms with Crippen LogP contribution in [0.1, 0.15) is 66.2 Å². The lowest BCUT2D eigenvalue weighted by atomic mass is 10.0. The number of carbonyl (C=O) groups is 3. The van der Waals surface area contributed by atoms with Crippen molar-refractivity contribution in [3.05, 3.63) is 94.2 Å². The fraction of sp³-hybridized carbons (Fsp3) is 0.160. The van der Waals surface area contributed by atoms with Crippen LogP contribution in [0.2, 0.25) is 0 Å². The molecule has 11 nitrogen and oxygen atoms in total. The standard InChI is InChI=1S/C25H19N7O4/c26-12-17-9-14(5-7-27-17)13-28-23(33)20-11-21(32-22(30-20)6-8-29-32)24(34)31-19-4-2-15-10-16(25(35)36)1-3-18(15)19/h1,3,5-11,19H,2,4,13H2,(H,28,33)(H,31,34)(H,35,36)/t19-/m0/s1. The third kappa shape index (κ3) is 4.35. The molecule has 0 unspecified atom stereocenters. The molecule has 178 valence electrons. The number of aromatic carboxylic acids is 1. The first kappa shape index (κ1) is 22.7. The van der Waals surface area contributed by atoms with Crippen LogP contribution in [0.3, 0.4) is 0 Å². The number of pyridine rings is 1. The maximum absolute atomic E-state index is 13.3. The molecule has 3 N–H and O–H groups in total. The lowest BCUT2D eigenvalue weighted by molar-refractivity contribution is 0.0696. The van der Waals surface area contributed by atoms with Crippen LogP contribution in [0.4, 0.5) is 0 Å². The highest BCUT2D eigenvalue weighted by molar-refractivity contribution is 5.98. The molecule has 0 radical (unpaired) electrons. The Labute approximate surface area is 204 Å². The first-order valence-electron chi connectivity index (χ1n) is 11.1. The molecule has 0 spiro atoms. The molecule has 4 aromatic rings. The molecular formula is C25H19N7O4. The van der Waals surface area contributed by atoms with Gasteiger partial charge in [-0.05, 0) is 53.8 Å². The topological polar surface area (TPSA) is 162 Å². The molecule has 1 aliphatic rings. The molecule has 5 rings (SSSR count). The molecule has 0 fully saturated rings. The monoisotopic (exact) mass is 481 g/mol. The van der Waals surface area contributed by atoms with Crippen molar-refractivity contribution in [1.82, 2.24) is 30.2 Å². The van der Waals surface area contributed by atoms with Gasteiger partial charge < -0.3 is 15.7 Å². The van der Waals surface area contributed by atoms with Gasteiger partial charge >= 0.3 is 5.97 Å². The molecule has 11 heteroatoms. The minimum absolute atomic E-state index is 0.0423. The van der Waals surface area contributed by atoms with Crippen LogP contribution in [0.15, 0.2) is 54.9 Å². The summed E-state index contributed by atoms with van der Waals surface area (Å²) in [4.78, 5) is 45.6. The van der Waals surface area contributed by atoms with Crippen LogP contribution in [0.5, 0.6) is 0 Å². The van der Waals surface area contributed by atoms with Crippen molar-refractivity contribution >= 4 is 23.4 Å². The van der Waals surface area contributed by atoms with Crippen LogP contribution >= 0.6 is 0 Å². The van der Waals surface area contributed by atoms with Crippen molar-refractivity contribution in [3.8, 4) is 6.07 Å². The Morgan fingerprint density at radius 1 is 1.11 bits per heavy atom. The van der Waals surface area contributed by atoms with Gasteiger partial charge in [-0.15, -0.1) is 0 Å². The predicted molar refractivity (Wildman–Crippen MR) is 125 cm³/mol. The summed E-state index contributed by atoms with van der Waals surface area (Å²) < 4.78 is 1.36. The average Bonchev–Trinajstić information content (AvgIpc) is 3.53. The van der Waals surface area contributed by atoms with Gasteiger partial charge in [0, 0.05) is 24.9 Å². The Bertz CT molecular complexity index is 1570. The molecule has 0 aliphatic heterocycles. The number of aryl methyl sites for hydroxylation is 1. The molecule has 0 saturated carbocycles. The molecule has 1 aliphatic carbocycles. The number of aromatic nitrogens is 4. The van der Waals surface area contributed by atoms with E-state index in [2.05, 4.69) is 25.7 Å². The van der Waals surface area contributed by atoms with E-state index in [1.54, 1.807) is 30.3 Å². The zero-order valence-electron chi connectivity index (χ0n) is 18.8. The van der Waals surface area contributed by atoms with Gasteiger partial charge in [0.25, 0.3) is 11.8 Å². The maximum Gasteiger partial charge on any atom is 0.335 e. The molecule has 3 aromatic heterocycles. The number of amides is 2. The second kappa shape index (κ2) is 9.27. The quantitative estimate of drug-likeness (QED) is 0.377. The predicted octanol–water partition coefficient (Wildman–Crippen LogP) is 2.04. The summed E-state index contributed by atoms with van der Waals surface area (Å²) in [5, 5.41) is 28.1. The van der Waals surface area contributed by atoms with E-state index in [-0.39, 0.29) is 35.2 Å². The number of fused-ring (bicyclic) bond motifs is 2. The van der Waals surface area contributed by atoms with Gasteiger partial charge in [0.1, 0.15) is 23.2 Å². The number of carbonyl (C=O) groups excluding carboxylic acids is 2. The number of hydrogen-bond acceptors (Lipinski definition) is 7. The number of carboxylic acid groups (broad SMARTS) is 1. The minimum atomic E-state index is -0.997. The Morgan fingerprint density at radius 2 is 1.97 bits per heavy atom. The highest BCUT2D eigenvalue weighted by atomic mass is 16.4. The summed E-state index contributed by atoms with van der Waals surface area (Å²) in [5.41, 5.74) is 3.42. The molecule has 1 atom stereocenters. The smallest absolute Gasteiger partial charge is 0.335 e. The van der Waals surface area contributed by atoms with Crippen LogP contribution in [-0.2, 0) is 13.0 Å². The lowest BCUT2D eigenvalue weighted by Gasteiger charge is -2.15. The number of nitrogens with zero attached hydrogens (tertiary/aromatic N) is 5. The Morgan fingerprint density at radius 3 is 2.78 bits per heavy atom. The molecule has 36 heavy (non-hydrogen) atoms. The van der Waals surface area contributed by atoms with E-state index in [4.69, 9.17) is 5.26 Å². The summed E-state index contributed by atoms with van der Waals surface area (Å²) in [6.07, 6.45) is 4.24. The first-order chi connectivity index (χ1) is 17.4. The maximum atomic E-state index is 13.3. The van der Waals surface area contributed by atoms with Gasteiger partial charge in [0.05, 0.1) is 17.8 Å². The fourth-order valence-electron chi connectivity index (χ4n) is 4.24. The van der Waals surface area contributed by atoms with E-state index < -0.39 is 17.8 Å². The molecule has 0 saturated heterocycles. The number of nitrogens with one attached hydrogen (secondary N) is 2. The fourth-order valence-corrected chi connectivity index (χ4v) is 4.24. The van der Waals surface area contributed by atoms with Crippen molar-refractivity contribution < 1.29 is 19.5 Å². The SMILES string of the molecule is N#Cc1cc(CNC(=O)c2cc(C(=O)N[C@H]3CCc4cc(C(=O)O)ccc43)n3nccc3n2)ccn1. The molecule has 3 heterocycles. The zero-order valence-corrected chi connectivity index (χ0v) is 18.8. The van der Waals surface area contributed by atoms with Gasteiger partial charge in [0.2, 0.25) is 0 Å². The number of hydrogen-bond donors (Lipinski definition) is 3. The molecule has 2 amide bonds. The summed E-state index contributed by atoms with van der Waals surface area (Å²) in [5.74, 6) is -1.92. The molecule has 1 aromatic carbocycles. The summed E-state index contributed by atoms with van der Waals surface area (Å²) in [6, 6.07) is 12.8. The minimum Gasteiger partial charge on any atom is -0.478 e. The van der Waals surface area contributed by atoms with Crippen molar-refractivity contribution in [2.75, 3.05) is 0 Å². The van der Waals surface area contributed by atoms with E-state index >= 15 is 0 Å². The second-order valence-corrected chi connectivity index (χ2v) is 8.26. The highest BCUT2D eigenvalue weighted by Crippen LogP contribution is 2.32. The third-order valence-corrected chi connectivity index (χ3v) is 5.99. The molecular weight excluding hydrogens is 462 g/mol. The Kier molecular flexibility index (Phi) is 5.83. The second-order valence-electron chi connectivity index (χ2n) is 8.26. The average molecular weight is 481 g/mol. The summed E-state index contributed by atoms with van der Waals surface area (Å²) in [6.45, 7) is 0.154. The third-order valence-electron chi connectivity index (χ3n) is 5.99. The Balaban J connectivity index is 1.36. The van der Waals surface area contributed by atoms with Gasteiger partial charge in [-0.2, -0.15) is 10.4 Å². The number of rotatable bonds is 6. The largest absolute Gasteiger partial charge is 0.478 e. The van der Waals surface area contributed by atoms with E-state index in [0.29, 0.717) is 24.1 Å². The van der Waals surface area contributed by atoms with Crippen molar-refractivity contribution in [1.29, 1.82) is 5.26 Å². The van der Waals surface area contributed by atoms with E-state index in [9.17, 15) is 19.5 Å². The van der Waals surface area contributed by atoms with Gasteiger partial charge in [0.15, 0.2) is 5.65 Å². The summed E-state index contributed by atoms with van der Waals surface area (Å²) >= 11 is 0. The number of benzene rings is 1.